The standard InChI is InChI=1S/C16H12Cl2N2O2S2/c17-12-3-4-13(18)16(9-12)24(21,22)20-10-11-5-6-19-14(8-11)15-2-1-7-23-15/h1-9,20H,10H2. The molecule has 0 radical (unpaired) electrons. The van der Waals surface area contributed by atoms with Crippen molar-refractivity contribution in [1.29, 1.82) is 0 Å². The summed E-state index contributed by atoms with van der Waals surface area (Å²) in [6.07, 6.45) is 1.66. The zero-order chi connectivity index (χ0) is 17.2. The molecule has 0 atom stereocenters. The summed E-state index contributed by atoms with van der Waals surface area (Å²) in [5.41, 5.74) is 1.61. The largest absolute Gasteiger partial charge is 0.255 e. The maximum atomic E-state index is 12.4. The summed E-state index contributed by atoms with van der Waals surface area (Å²) >= 11 is 13.4. The molecule has 1 N–H and O–H groups in total. The van der Waals surface area contributed by atoms with Crippen LogP contribution in [0.4, 0.5) is 0 Å². The van der Waals surface area contributed by atoms with Crippen LogP contribution in [-0.4, -0.2) is 13.4 Å². The quantitative estimate of drug-likeness (QED) is 0.683. The molecule has 0 aliphatic carbocycles. The maximum Gasteiger partial charge on any atom is 0.242 e. The fraction of sp³-hybridized carbons (Fsp3) is 0.0625. The van der Waals surface area contributed by atoms with Crippen LogP contribution in [-0.2, 0) is 16.6 Å². The molecule has 0 fully saturated rings. The van der Waals surface area contributed by atoms with Crippen LogP contribution in [0.3, 0.4) is 0 Å². The first-order chi connectivity index (χ1) is 11.5. The topological polar surface area (TPSA) is 59.1 Å². The Morgan fingerprint density at radius 2 is 1.96 bits per heavy atom. The van der Waals surface area contributed by atoms with Gasteiger partial charge in [-0.2, -0.15) is 0 Å². The van der Waals surface area contributed by atoms with Gasteiger partial charge in [0.15, 0.2) is 0 Å². The van der Waals surface area contributed by atoms with Crippen LogP contribution in [0.2, 0.25) is 10.0 Å². The summed E-state index contributed by atoms with van der Waals surface area (Å²) in [7, 11) is -3.76. The average Bonchev–Trinajstić information content (AvgIpc) is 3.10. The summed E-state index contributed by atoms with van der Waals surface area (Å²) in [4.78, 5) is 5.29. The van der Waals surface area contributed by atoms with Gasteiger partial charge < -0.3 is 0 Å². The lowest BCUT2D eigenvalue weighted by atomic mass is 10.2. The van der Waals surface area contributed by atoms with E-state index >= 15 is 0 Å². The SMILES string of the molecule is O=S(=O)(NCc1ccnc(-c2cccs2)c1)c1cc(Cl)ccc1Cl. The number of halogens is 2. The van der Waals surface area contributed by atoms with Crippen molar-refractivity contribution >= 4 is 44.6 Å². The van der Waals surface area contributed by atoms with Gasteiger partial charge in [0.05, 0.1) is 15.6 Å². The van der Waals surface area contributed by atoms with Crippen LogP contribution in [0.15, 0.2) is 58.9 Å². The number of hydrogen-bond donors (Lipinski definition) is 1. The van der Waals surface area contributed by atoms with Crippen molar-refractivity contribution in [2.24, 2.45) is 0 Å². The van der Waals surface area contributed by atoms with Crippen molar-refractivity contribution in [2.75, 3.05) is 0 Å². The van der Waals surface area contributed by atoms with Gasteiger partial charge in [-0.05, 0) is 47.3 Å². The van der Waals surface area contributed by atoms with Gasteiger partial charge in [0.1, 0.15) is 4.90 Å². The molecule has 0 bridgehead atoms. The minimum Gasteiger partial charge on any atom is -0.255 e. The number of nitrogens with one attached hydrogen (secondary N) is 1. The summed E-state index contributed by atoms with van der Waals surface area (Å²) in [6, 6.07) is 11.9. The van der Waals surface area contributed by atoms with Crippen molar-refractivity contribution in [3.63, 3.8) is 0 Å². The van der Waals surface area contributed by atoms with Gasteiger partial charge in [-0.25, -0.2) is 13.1 Å². The fourth-order valence-electron chi connectivity index (χ4n) is 2.08. The molecule has 1 aromatic carbocycles. The van der Waals surface area contributed by atoms with Crippen molar-refractivity contribution in [1.82, 2.24) is 9.71 Å². The van der Waals surface area contributed by atoms with Crippen molar-refractivity contribution < 1.29 is 8.42 Å². The molecule has 0 amide bonds. The summed E-state index contributed by atoms with van der Waals surface area (Å²) < 4.78 is 27.4. The van der Waals surface area contributed by atoms with Crippen LogP contribution in [0.5, 0.6) is 0 Å². The first kappa shape index (κ1) is 17.4. The number of sulfonamides is 1. The second-order valence-electron chi connectivity index (χ2n) is 4.93. The molecule has 3 aromatic rings. The number of aromatic nitrogens is 1. The molecular formula is C16H12Cl2N2O2S2. The predicted octanol–water partition coefficient (Wildman–Crippen LogP) is 4.60. The molecule has 8 heteroatoms. The third kappa shape index (κ3) is 3.96. The third-order valence-corrected chi connectivity index (χ3v) is 6.26. The fourth-order valence-corrected chi connectivity index (χ4v) is 4.55. The Morgan fingerprint density at radius 1 is 1.12 bits per heavy atom. The van der Waals surface area contributed by atoms with Gasteiger partial charge in [0.25, 0.3) is 0 Å². The third-order valence-electron chi connectivity index (χ3n) is 3.25. The van der Waals surface area contributed by atoms with E-state index in [0.29, 0.717) is 5.02 Å². The first-order valence-corrected chi connectivity index (χ1v) is 10.0. The Morgan fingerprint density at radius 3 is 2.71 bits per heavy atom. The summed E-state index contributed by atoms with van der Waals surface area (Å²) in [5, 5.41) is 2.40. The van der Waals surface area contributed by atoms with Crippen LogP contribution >= 0.6 is 34.5 Å². The molecule has 2 heterocycles. The Bertz CT molecular complexity index is 958. The Hall–Kier alpha value is -1.44. The van der Waals surface area contributed by atoms with E-state index in [4.69, 9.17) is 23.2 Å². The number of nitrogens with zero attached hydrogens (tertiary/aromatic N) is 1. The molecule has 0 aliphatic rings. The molecule has 0 saturated heterocycles. The zero-order valence-corrected chi connectivity index (χ0v) is 15.4. The monoisotopic (exact) mass is 398 g/mol. The molecular weight excluding hydrogens is 387 g/mol. The Kier molecular flexibility index (Phi) is 5.22. The maximum absolute atomic E-state index is 12.4. The van der Waals surface area contributed by atoms with Crippen molar-refractivity contribution in [2.45, 2.75) is 11.4 Å². The number of pyridine rings is 1. The van der Waals surface area contributed by atoms with Gasteiger partial charge in [-0.15, -0.1) is 11.3 Å². The van der Waals surface area contributed by atoms with E-state index in [-0.39, 0.29) is 16.5 Å². The van der Waals surface area contributed by atoms with Crippen LogP contribution in [0.25, 0.3) is 10.6 Å². The number of hydrogen-bond acceptors (Lipinski definition) is 4. The van der Waals surface area contributed by atoms with E-state index in [2.05, 4.69) is 9.71 Å². The van der Waals surface area contributed by atoms with Gasteiger partial charge in [-0.3, -0.25) is 4.98 Å². The Balaban J connectivity index is 1.80. The van der Waals surface area contributed by atoms with Gasteiger partial charge in [-0.1, -0.05) is 29.3 Å². The van der Waals surface area contributed by atoms with Gasteiger partial charge >= 0.3 is 0 Å². The van der Waals surface area contributed by atoms with E-state index in [0.717, 1.165) is 16.1 Å². The molecule has 0 spiro atoms. The molecule has 3 rings (SSSR count). The number of thiophene rings is 1. The predicted molar refractivity (Wildman–Crippen MR) is 98.0 cm³/mol. The van der Waals surface area contributed by atoms with Crippen LogP contribution in [0, 0.1) is 0 Å². The minimum atomic E-state index is -3.76. The highest BCUT2D eigenvalue weighted by Gasteiger charge is 2.18. The van der Waals surface area contributed by atoms with Gasteiger partial charge in [0.2, 0.25) is 10.0 Å². The summed E-state index contributed by atoms with van der Waals surface area (Å²) in [5.74, 6) is 0. The molecule has 0 aliphatic heterocycles. The first-order valence-electron chi connectivity index (χ1n) is 6.89. The van der Waals surface area contributed by atoms with E-state index < -0.39 is 10.0 Å². The van der Waals surface area contributed by atoms with Crippen molar-refractivity contribution in [3.8, 4) is 10.6 Å². The summed E-state index contributed by atoms with van der Waals surface area (Å²) in [6.45, 7) is 0.131. The highest BCUT2D eigenvalue weighted by molar-refractivity contribution is 7.89. The smallest absolute Gasteiger partial charge is 0.242 e. The number of benzene rings is 1. The Labute approximate surface area is 154 Å². The second kappa shape index (κ2) is 7.21. The van der Waals surface area contributed by atoms with Gasteiger partial charge in [0, 0.05) is 17.8 Å². The highest BCUT2D eigenvalue weighted by atomic mass is 35.5. The second-order valence-corrected chi connectivity index (χ2v) is 8.45. The molecule has 4 nitrogen and oxygen atoms in total. The molecule has 24 heavy (non-hydrogen) atoms. The zero-order valence-electron chi connectivity index (χ0n) is 12.2. The molecule has 2 aromatic heterocycles. The normalized spacial score (nSPS) is 11.6. The molecule has 0 unspecified atom stereocenters. The van der Waals surface area contributed by atoms with E-state index in [9.17, 15) is 8.42 Å². The molecule has 124 valence electrons. The minimum absolute atomic E-state index is 0.0378. The lowest BCUT2D eigenvalue weighted by molar-refractivity contribution is 0.581. The van der Waals surface area contributed by atoms with Crippen LogP contribution in [0.1, 0.15) is 5.56 Å². The number of rotatable bonds is 5. The average molecular weight is 399 g/mol. The van der Waals surface area contributed by atoms with Crippen LogP contribution < -0.4 is 4.72 Å². The van der Waals surface area contributed by atoms with E-state index in [1.54, 1.807) is 29.7 Å². The lowest BCUT2D eigenvalue weighted by Gasteiger charge is -2.09. The van der Waals surface area contributed by atoms with Crippen molar-refractivity contribution in [3.05, 3.63) is 69.7 Å². The molecule has 0 saturated carbocycles. The highest BCUT2D eigenvalue weighted by Crippen LogP contribution is 2.26. The van der Waals surface area contributed by atoms with E-state index in [1.807, 2.05) is 23.6 Å². The van der Waals surface area contributed by atoms with E-state index in [1.165, 1.54) is 12.1 Å². The lowest BCUT2D eigenvalue weighted by Crippen LogP contribution is -2.23.